The Labute approximate surface area is 140 Å². The van der Waals surface area contributed by atoms with Crippen molar-refractivity contribution in [2.45, 2.75) is 11.4 Å². The normalized spacial score (nSPS) is 14.0. The second-order valence-electron chi connectivity index (χ2n) is 4.92. The summed E-state index contributed by atoms with van der Waals surface area (Å²) >= 11 is 20.5. The van der Waals surface area contributed by atoms with Gasteiger partial charge in [-0.3, -0.25) is 0 Å². The average Bonchev–Trinajstić information content (AvgIpc) is 2.46. The Morgan fingerprint density at radius 2 is 1.75 bits per heavy atom. The fourth-order valence-electron chi connectivity index (χ4n) is 1.93. The van der Waals surface area contributed by atoms with E-state index in [-0.39, 0.29) is 0 Å². The number of rotatable bonds is 5. The van der Waals surface area contributed by atoms with Crippen LogP contribution in [-0.2, 0) is 0 Å². The maximum absolute atomic E-state index is 6.36. The van der Waals surface area contributed by atoms with Gasteiger partial charge >= 0.3 is 0 Å². The number of hydrogen-bond donors (Lipinski definition) is 0. The maximum Gasteiger partial charge on any atom is 0.111 e. The molecule has 0 aliphatic carbocycles. The molecular weight excluding hydrogens is 347 g/mol. The molecule has 0 heterocycles. The molecule has 0 fully saturated rings. The van der Waals surface area contributed by atoms with Gasteiger partial charge in [0.15, 0.2) is 0 Å². The first-order valence-electron chi connectivity index (χ1n) is 6.24. The highest BCUT2D eigenvalue weighted by Crippen LogP contribution is 2.25. The molecule has 2 rings (SSSR count). The van der Waals surface area contributed by atoms with Crippen LogP contribution in [0, 0.1) is 0 Å². The molecule has 0 bridgehead atoms. The highest BCUT2D eigenvalue weighted by atomic mass is 35.5. The van der Waals surface area contributed by atoms with Crippen LogP contribution < -0.4 is 5.19 Å². The summed E-state index contributed by atoms with van der Waals surface area (Å²) in [6.07, 6.45) is 0. The zero-order valence-electron chi connectivity index (χ0n) is 11.1. The molecule has 1 unspecified atom stereocenters. The van der Waals surface area contributed by atoms with Crippen molar-refractivity contribution < 1.29 is 0 Å². The van der Waals surface area contributed by atoms with Crippen molar-refractivity contribution in [2.24, 2.45) is 0 Å². The molecule has 0 aromatic heterocycles. The molecule has 0 saturated heterocycles. The lowest BCUT2D eigenvalue weighted by molar-refractivity contribution is 1.46. The molecular formula is C15H15Cl3SSi. The van der Waals surface area contributed by atoms with Gasteiger partial charge in [0.05, 0.1) is 0 Å². The van der Waals surface area contributed by atoms with Crippen LogP contribution in [0.3, 0.4) is 0 Å². The van der Waals surface area contributed by atoms with Crippen LogP contribution in [0.15, 0.2) is 53.4 Å². The molecule has 1 atom stereocenters. The van der Waals surface area contributed by atoms with Gasteiger partial charge in [0.25, 0.3) is 0 Å². The Morgan fingerprint density at radius 1 is 1.05 bits per heavy atom. The minimum atomic E-state index is -1.81. The largest absolute Gasteiger partial charge is 0.130 e. The summed E-state index contributed by atoms with van der Waals surface area (Å²) in [6.45, 7) is 2.27. The molecule has 0 saturated carbocycles. The topological polar surface area (TPSA) is 0 Å². The third-order valence-corrected chi connectivity index (χ3v) is 11.7. The Hall–Kier alpha value is -0.123. The number of alkyl halides is 1. The quantitative estimate of drug-likeness (QED) is 0.391. The van der Waals surface area contributed by atoms with Gasteiger partial charge in [0, 0.05) is 20.4 Å². The molecule has 2 aromatic carbocycles. The van der Waals surface area contributed by atoms with Gasteiger partial charge < -0.3 is 0 Å². The van der Waals surface area contributed by atoms with Crippen molar-refractivity contribution in [3.05, 3.63) is 58.6 Å². The molecule has 0 nitrogen and oxygen atoms in total. The van der Waals surface area contributed by atoms with Crippen LogP contribution in [0.1, 0.15) is 0 Å². The molecule has 5 heteroatoms. The van der Waals surface area contributed by atoms with Gasteiger partial charge in [-0.15, -0.1) is 23.4 Å². The van der Waals surface area contributed by atoms with Crippen LogP contribution in [-0.4, -0.2) is 19.0 Å². The molecule has 20 heavy (non-hydrogen) atoms. The highest BCUT2D eigenvalue weighted by Gasteiger charge is 2.31. The third-order valence-electron chi connectivity index (χ3n) is 3.18. The Balaban J connectivity index is 2.20. The van der Waals surface area contributed by atoms with E-state index in [1.54, 1.807) is 0 Å². The van der Waals surface area contributed by atoms with E-state index in [0.29, 0.717) is 10.5 Å². The van der Waals surface area contributed by atoms with Gasteiger partial charge in [0.1, 0.15) is 8.07 Å². The summed E-state index contributed by atoms with van der Waals surface area (Å²) in [5.74, 6) is 0. The fourth-order valence-corrected chi connectivity index (χ4v) is 8.65. The third kappa shape index (κ3) is 3.96. The Morgan fingerprint density at radius 3 is 2.35 bits per heavy atom. The summed E-state index contributed by atoms with van der Waals surface area (Å²) in [5.41, 5.74) is 0.647. The van der Waals surface area contributed by atoms with E-state index in [1.165, 1.54) is 10.1 Å². The van der Waals surface area contributed by atoms with E-state index >= 15 is 0 Å². The van der Waals surface area contributed by atoms with Crippen molar-refractivity contribution in [2.75, 3.05) is 10.9 Å². The monoisotopic (exact) mass is 360 g/mol. The fraction of sp³-hybridized carbons (Fsp3) is 0.200. The second kappa shape index (κ2) is 7.23. The number of benzene rings is 2. The summed E-state index contributed by atoms with van der Waals surface area (Å²) in [5, 5.41) is 3.59. The lowest BCUT2D eigenvalue weighted by atomic mass is 10.4. The summed E-state index contributed by atoms with van der Waals surface area (Å²) < 4.78 is 0. The van der Waals surface area contributed by atoms with E-state index in [4.69, 9.17) is 34.8 Å². The summed E-state index contributed by atoms with van der Waals surface area (Å²) in [7, 11) is -1.81. The van der Waals surface area contributed by atoms with Gasteiger partial charge in [-0.1, -0.05) is 54.0 Å². The molecule has 106 valence electrons. The van der Waals surface area contributed by atoms with Crippen molar-refractivity contribution in [1.29, 1.82) is 0 Å². The Bertz CT molecular complexity index is 577. The summed E-state index contributed by atoms with van der Waals surface area (Å²) in [4.78, 5) is 1.27. The van der Waals surface area contributed by atoms with E-state index in [1.807, 2.05) is 36.0 Å². The summed E-state index contributed by atoms with van der Waals surface area (Å²) in [6, 6.07) is 16.1. The molecule has 0 amide bonds. The van der Waals surface area contributed by atoms with Gasteiger partial charge in [0.2, 0.25) is 0 Å². The lowest BCUT2D eigenvalue weighted by Crippen LogP contribution is -2.50. The lowest BCUT2D eigenvalue weighted by Gasteiger charge is -2.26. The molecule has 0 N–H and O–H groups in total. The van der Waals surface area contributed by atoms with E-state index in [2.05, 4.69) is 30.8 Å². The standard InChI is InChI=1S/C15H15Cl3SSi/c1-20(10-16,11-19-13-5-3-2-4-6-13)15-8-7-12(17)9-14(15)18/h2-9H,10-11H2,1H3. The first-order chi connectivity index (χ1) is 9.55. The van der Waals surface area contributed by atoms with Crippen molar-refractivity contribution in [3.63, 3.8) is 0 Å². The van der Waals surface area contributed by atoms with Crippen molar-refractivity contribution in [1.82, 2.24) is 0 Å². The SMILES string of the molecule is C[Si](CCl)(CSc1ccccc1)c1ccc(Cl)cc1Cl. The minimum absolute atomic E-state index is 0.647. The predicted octanol–water partition coefficient (Wildman–Crippen LogP) is 5.39. The van der Waals surface area contributed by atoms with E-state index in [0.717, 1.165) is 10.4 Å². The molecule has 0 spiro atoms. The van der Waals surface area contributed by atoms with E-state index < -0.39 is 8.07 Å². The molecule has 2 aromatic rings. The zero-order chi connectivity index (χ0) is 14.6. The number of thioether (sulfide) groups is 1. The van der Waals surface area contributed by atoms with Gasteiger partial charge in [-0.05, 0) is 34.8 Å². The van der Waals surface area contributed by atoms with Gasteiger partial charge in [-0.25, -0.2) is 0 Å². The van der Waals surface area contributed by atoms with Gasteiger partial charge in [-0.2, -0.15) is 0 Å². The van der Waals surface area contributed by atoms with Crippen LogP contribution in [0.5, 0.6) is 0 Å². The van der Waals surface area contributed by atoms with E-state index in [9.17, 15) is 0 Å². The number of hydrogen-bond acceptors (Lipinski definition) is 1. The molecule has 0 radical (unpaired) electrons. The highest BCUT2D eigenvalue weighted by molar-refractivity contribution is 8.01. The Kier molecular flexibility index (Phi) is 5.88. The van der Waals surface area contributed by atoms with Crippen LogP contribution >= 0.6 is 46.6 Å². The maximum atomic E-state index is 6.36. The first kappa shape index (κ1) is 16.3. The van der Waals surface area contributed by atoms with Crippen LogP contribution in [0.25, 0.3) is 0 Å². The smallest absolute Gasteiger partial charge is 0.111 e. The van der Waals surface area contributed by atoms with Crippen molar-refractivity contribution >= 4 is 59.8 Å². The minimum Gasteiger partial charge on any atom is -0.130 e. The first-order valence-corrected chi connectivity index (χ1v) is 11.4. The molecule has 0 aliphatic heterocycles. The average molecular weight is 362 g/mol. The van der Waals surface area contributed by atoms with Crippen molar-refractivity contribution in [3.8, 4) is 0 Å². The molecule has 0 aliphatic rings. The second-order valence-corrected chi connectivity index (χ2v) is 12.4. The van der Waals surface area contributed by atoms with Crippen LogP contribution in [0.2, 0.25) is 16.6 Å². The zero-order valence-corrected chi connectivity index (χ0v) is 15.2. The number of halogens is 3. The van der Waals surface area contributed by atoms with Crippen LogP contribution in [0.4, 0.5) is 0 Å². The predicted molar refractivity (Wildman–Crippen MR) is 95.6 cm³/mol.